The second-order valence-corrected chi connectivity index (χ2v) is 6.21. The van der Waals surface area contributed by atoms with E-state index >= 15 is 0 Å². The molecule has 24 heavy (non-hydrogen) atoms. The molecule has 0 bridgehead atoms. The van der Waals surface area contributed by atoms with Gasteiger partial charge in [0.2, 0.25) is 11.7 Å². The average molecular weight is 369 g/mol. The van der Waals surface area contributed by atoms with Crippen LogP contribution in [0.4, 0.5) is 5.69 Å². The molecule has 2 N–H and O–H groups in total. The number of hydrazine groups is 1. The minimum Gasteiger partial charge on any atom is -0.500 e. The molecule has 0 unspecified atom stereocenters. The number of benzene rings is 1. The van der Waals surface area contributed by atoms with Crippen LogP contribution in [0.25, 0.3) is 6.08 Å². The van der Waals surface area contributed by atoms with E-state index in [1.165, 1.54) is 26.2 Å². The first-order valence-electron chi connectivity index (χ1n) is 6.35. The molecule has 0 radical (unpaired) electrons. The van der Waals surface area contributed by atoms with E-state index in [0.717, 1.165) is 22.8 Å². The van der Waals surface area contributed by atoms with Gasteiger partial charge in [0.05, 0.1) is 16.9 Å². The summed E-state index contributed by atoms with van der Waals surface area (Å²) in [6.45, 7) is 1.23. The van der Waals surface area contributed by atoms with Gasteiger partial charge in [0, 0.05) is 13.0 Å². The van der Waals surface area contributed by atoms with Gasteiger partial charge in [0.1, 0.15) is 0 Å². The molecule has 126 valence electrons. The van der Waals surface area contributed by atoms with Crippen LogP contribution in [-0.2, 0) is 9.59 Å². The van der Waals surface area contributed by atoms with Crippen LogP contribution >= 0.6 is 24.0 Å². The van der Waals surface area contributed by atoms with E-state index in [1.54, 1.807) is 0 Å². The first kappa shape index (κ1) is 17.7. The number of nitrogens with one attached hydrogen (secondary N) is 1. The summed E-state index contributed by atoms with van der Waals surface area (Å²) in [6, 6.07) is 2.44. The van der Waals surface area contributed by atoms with Gasteiger partial charge in [0.15, 0.2) is 10.1 Å². The van der Waals surface area contributed by atoms with Crippen LogP contribution < -0.4 is 10.2 Å². The Bertz CT molecular complexity index is 792. The van der Waals surface area contributed by atoms with Gasteiger partial charge in [0.25, 0.3) is 5.91 Å². The maximum Gasteiger partial charge on any atom is 0.315 e. The number of hydrogen-bond donors (Lipinski definition) is 2. The highest BCUT2D eigenvalue weighted by atomic mass is 32.2. The number of amides is 2. The van der Waals surface area contributed by atoms with E-state index in [9.17, 15) is 24.8 Å². The molecule has 1 heterocycles. The smallest absolute Gasteiger partial charge is 0.315 e. The second kappa shape index (κ2) is 6.84. The highest BCUT2D eigenvalue weighted by molar-refractivity contribution is 8.26. The molecule has 1 aromatic rings. The average Bonchev–Trinajstić information content (AvgIpc) is 2.75. The van der Waals surface area contributed by atoms with E-state index in [2.05, 4.69) is 5.43 Å². The van der Waals surface area contributed by atoms with Crippen LogP contribution in [0.1, 0.15) is 12.5 Å². The number of ether oxygens (including phenoxy) is 1. The fraction of sp³-hybridized carbons (Fsp3) is 0.154. The number of aromatic hydroxyl groups is 1. The number of phenols is 1. The maximum absolute atomic E-state index is 12.2. The quantitative estimate of drug-likeness (QED) is 0.355. The van der Waals surface area contributed by atoms with Gasteiger partial charge in [-0.05, 0) is 29.9 Å². The van der Waals surface area contributed by atoms with E-state index in [4.69, 9.17) is 17.0 Å². The molecule has 2 rings (SSSR count). The molecule has 2 amide bonds. The minimum atomic E-state index is -0.766. The zero-order valence-electron chi connectivity index (χ0n) is 12.4. The van der Waals surface area contributed by atoms with E-state index in [1.807, 2.05) is 0 Å². The van der Waals surface area contributed by atoms with Gasteiger partial charge < -0.3 is 9.84 Å². The summed E-state index contributed by atoms with van der Waals surface area (Å²) in [7, 11) is 1.25. The fourth-order valence-electron chi connectivity index (χ4n) is 1.86. The maximum atomic E-state index is 12.2. The van der Waals surface area contributed by atoms with Gasteiger partial charge >= 0.3 is 5.69 Å². The third kappa shape index (κ3) is 3.46. The predicted molar refractivity (Wildman–Crippen MR) is 90.1 cm³/mol. The van der Waals surface area contributed by atoms with Gasteiger partial charge in [-0.1, -0.05) is 11.8 Å². The molecule has 0 aliphatic carbocycles. The number of nitro benzene ring substituents is 1. The molecule has 0 aromatic heterocycles. The van der Waals surface area contributed by atoms with Gasteiger partial charge in [-0.15, -0.1) is 0 Å². The lowest BCUT2D eigenvalue weighted by Crippen LogP contribution is -2.43. The van der Waals surface area contributed by atoms with Crippen molar-refractivity contribution in [2.45, 2.75) is 6.92 Å². The van der Waals surface area contributed by atoms with Crippen molar-refractivity contribution in [2.75, 3.05) is 7.11 Å². The van der Waals surface area contributed by atoms with Crippen molar-refractivity contribution in [3.8, 4) is 11.5 Å². The molecule has 0 atom stereocenters. The van der Waals surface area contributed by atoms with Gasteiger partial charge in [-0.3, -0.25) is 25.1 Å². The molecule has 1 aliphatic heterocycles. The molecule has 1 fully saturated rings. The summed E-state index contributed by atoms with van der Waals surface area (Å²) in [5, 5.41) is 21.7. The summed E-state index contributed by atoms with van der Waals surface area (Å²) in [4.78, 5) is 33.7. The lowest BCUT2D eigenvalue weighted by Gasteiger charge is -2.13. The van der Waals surface area contributed by atoms with E-state index in [-0.39, 0.29) is 20.5 Å². The van der Waals surface area contributed by atoms with Crippen molar-refractivity contribution in [3.63, 3.8) is 0 Å². The molecule has 0 spiro atoms. The first-order valence-corrected chi connectivity index (χ1v) is 7.57. The molecule has 1 aromatic carbocycles. The van der Waals surface area contributed by atoms with Crippen LogP contribution in [0, 0.1) is 10.1 Å². The van der Waals surface area contributed by atoms with Crippen LogP contribution in [-0.4, -0.2) is 38.3 Å². The third-order valence-electron chi connectivity index (χ3n) is 2.85. The Morgan fingerprint density at radius 1 is 1.54 bits per heavy atom. The molecule has 9 nitrogen and oxygen atoms in total. The van der Waals surface area contributed by atoms with Gasteiger partial charge in [-0.2, -0.15) is 5.01 Å². The highest BCUT2D eigenvalue weighted by Gasteiger charge is 2.33. The van der Waals surface area contributed by atoms with Crippen molar-refractivity contribution >= 4 is 51.9 Å². The zero-order valence-corrected chi connectivity index (χ0v) is 14.1. The fourth-order valence-corrected chi connectivity index (χ4v) is 3.04. The molecule has 11 heteroatoms. The summed E-state index contributed by atoms with van der Waals surface area (Å²) in [5.41, 5.74) is 1.99. The Balaban J connectivity index is 2.43. The Kier molecular flexibility index (Phi) is 5.04. The van der Waals surface area contributed by atoms with Crippen molar-refractivity contribution in [2.24, 2.45) is 0 Å². The number of carbonyl (C=O) groups excluding carboxylic acids is 2. The minimum absolute atomic E-state index is 0.104. The topological polar surface area (TPSA) is 122 Å². The standard InChI is InChI=1S/C13H11N3O6S2/c1-6(17)14-15-12(19)10(24-13(15)23)5-7-3-8(16(20)21)11(18)9(4-7)22-2/h3-5,18H,1-2H3,(H,14,17)/b10-5-. The predicted octanol–water partition coefficient (Wildman–Crippen LogP) is 1.56. The number of phenolic OH excluding ortho intramolecular Hbond substituents is 1. The van der Waals surface area contributed by atoms with Crippen LogP contribution in [0.5, 0.6) is 11.5 Å². The Morgan fingerprint density at radius 3 is 2.75 bits per heavy atom. The summed E-state index contributed by atoms with van der Waals surface area (Å²) in [5.74, 6) is -1.73. The number of rotatable bonds is 4. The summed E-state index contributed by atoms with van der Waals surface area (Å²) in [6.07, 6.45) is 1.36. The monoisotopic (exact) mass is 369 g/mol. The first-order chi connectivity index (χ1) is 11.2. The number of nitrogens with zero attached hydrogens (tertiary/aromatic N) is 2. The van der Waals surface area contributed by atoms with Crippen LogP contribution in [0.3, 0.4) is 0 Å². The highest BCUT2D eigenvalue weighted by Crippen LogP contribution is 2.39. The Morgan fingerprint density at radius 2 is 2.21 bits per heavy atom. The van der Waals surface area contributed by atoms with Gasteiger partial charge in [-0.25, -0.2) is 0 Å². The summed E-state index contributed by atoms with van der Waals surface area (Å²) < 4.78 is 5.02. The van der Waals surface area contributed by atoms with E-state index < -0.39 is 28.2 Å². The number of thiocarbonyl (C=S) groups is 1. The van der Waals surface area contributed by atoms with Crippen LogP contribution in [0.15, 0.2) is 17.0 Å². The molecular weight excluding hydrogens is 358 g/mol. The lowest BCUT2D eigenvalue weighted by atomic mass is 10.1. The van der Waals surface area contributed by atoms with Crippen LogP contribution in [0.2, 0.25) is 0 Å². The largest absolute Gasteiger partial charge is 0.500 e. The molecular formula is C13H11N3O6S2. The number of carbonyl (C=O) groups is 2. The third-order valence-corrected chi connectivity index (χ3v) is 4.16. The van der Waals surface area contributed by atoms with Crippen molar-refractivity contribution in [3.05, 3.63) is 32.7 Å². The SMILES string of the molecule is COc1cc(/C=C2\SC(=S)N(NC(C)=O)C2=O)cc([N+](=O)[O-])c1O. The van der Waals surface area contributed by atoms with Crippen molar-refractivity contribution in [1.29, 1.82) is 0 Å². The number of nitro groups is 1. The van der Waals surface area contributed by atoms with Crippen molar-refractivity contribution < 1.29 is 24.4 Å². The lowest BCUT2D eigenvalue weighted by molar-refractivity contribution is -0.386. The normalized spacial score (nSPS) is 15.8. The Labute approximate surface area is 145 Å². The molecule has 0 saturated carbocycles. The zero-order chi connectivity index (χ0) is 18.0. The Hall–Kier alpha value is -2.66. The molecule has 1 aliphatic rings. The second-order valence-electron chi connectivity index (χ2n) is 4.53. The number of hydrogen-bond acceptors (Lipinski definition) is 8. The van der Waals surface area contributed by atoms with Crippen molar-refractivity contribution in [1.82, 2.24) is 10.4 Å². The molecule has 1 saturated heterocycles. The summed E-state index contributed by atoms with van der Waals surface area (Å²) >= 11 is 5.94. The number of thioether (sulfide) groups is 1. The number of methoxy groups -OCH3 is 1. The van der Waals surface area contributed by atoms with E-state index in [0.29, 0.717) is 0 Å².